The Labute approximate surface area is 73.5 Å². The number of Topliss-reactive ketones (excluding diaryl/α,β-unsaturated/α-hetero) is 1. The van der Waals surface area contributed by atoms with Crippen LogP contribution in [0.2, 0.25) is 0 Å². The van der Waals surface area contributed by atoms with E-state index in [1.807, 2.05) is 6.92 Å². The molecule has 0 fully saturated rings. The first-order valence-electron chi connectivity index (χ1n) is 3.42. The smallest absolute Gasteiger partial charge is 0.154 e. The number of carbonyl (C=O) groups is 1. The van der Waals surface area contributed by atoms with Gasteiger partial charge in [-0.3, -0.25) is 9.48 Å². The third-order valence-corrected chi connectivity index (χ3v) is 1.74. The first-order chi connectivity index (χ1) is 5.22. The van der Waals surface area contributed by atoms with Crippen molar-refractivity contribution in [2.75, 3.05) is 0 Å². The van der Waals surface area contributed by atoms with Crippen molar-refractivity contribution in [3.05, 3.63) is 16.9 Å². The van der Waals surface area contributed by atoms with E-state index in [-0.39, 0.29) is 5.78 Å². The number of aromatic nitrogens is 2. The minimum atomic E-state index is 0.195. The molecular formula is C7H9BrN2O. The molecular weight excluding hydrogens is 208 g/mol. The largest absolute Gasteiger partial charge is 0.298 e. The second kappa shape index (κ2) is 3.67. The van der Waals surface area contributed by atoms with Crippen molar-refractivity contribution in [1.29, 1.82) is 0 Å². The molecule has 0 unspecified atom stereocenters. The van der Waals surface area contributed by atoms with Gasteiger partial charge in [0, 0.05) is 12.6 Å². The lowest BCUT2D eigenvalue weighted by Gasteiger charge is -1.95. The highest BCUT2D eigenvalue weighted by Gasteiger charge is 2.00. The molecule has 0 saturated carbocycles. The number of hydrogen-bond donors (Lipinski definition) is 0. The van der Waals surface area contributed by atoms with E-state index >= 15 is 0 Å². The molecule has 0 aromatic carbocycles. The summed E-state index contributed by atoms with van der Waals surface area (Å²) in [7, 11) is 0. The van der Waals surface area contributed by atoms with Crippen LogP contribution in [-0.2, 0) is 11.3 Å². The summed E-state index contributed by atoms with van der Waals surface area (Å²) in [4.78, 5) is 10.9. The van der Waals surface area contributed by atoms with Crippen molar-refractivity contribution in [3.63, 3.8) is 0 Å². The number of ketones is 1. The second-order valence-electron chi connectivity index (χ2n) is 2.25. The van der Waals surface area contributed by atoms with E-state index in [0.29, 0.717) is 13.0 Å². The Morgan fingerprint density at radius 1 is 1.82 bits per heavy atom. The first-order valence-corrected chi connectivity index (χ1v) is 4.21. The van der Waals surface area contributed by atoms with Crippen LogP contribution >= 0.6 is 15.9 Å². The summed E-state index contributed by atoms with van der Waals surface area (Å²) in [5, 5.41) is 3.95. The van der Waals surface area contributed by atoms with Gasteiger partial charge in [-0.2, -0.15) is 5.10 Å². The van der Waals surface area contributed by atoms with Crippen molar-refractivity contribution < 1.29 is 4.79 Å². The fraction of sp³-hybridized carbons (Fsp3) is 0.429. The number of halogens is 1. The van der Waals surface area contributed by atoms with E-state index in [1.54, 1.807) is 17.1 Å². The van der Waals surface area contributed by atoms with Crippen molar-refractivity contribution in [1.82, 2.24) is 9.78 Å². The summed E-state index contributed by atoms with van der Waals surface area (Å²) in [5.41, 5.74) is 0. The predicted molar refractivity (Wildman–Crippen MR) is 45.2 cm³/mol. The Kier molecular flexibility index (Phi) is 2.82. The molecule has 1 aromatic rings. The molecule has 0 aliphatic heterocycles. The van der Waals surface area contributed by atoms with Crippen LogP contribution in [0.4, 0.5) is 0 Å². The Balaban J connectivity index is 2.57. The molecule has 0 N–H and O–H groups in total. The predicted octanol–water partition coefficient (Wildman–Crippen LogP) is 1.62. The fourth-order valence-electron chi connectivity index (χ4n) is 0.717. The van der Waals surface area contributed by atoms with Gasteiger partial charge >= 0.3 is 0 Å². The third kappa shape index (κ3) is 2.46. The Hall–Kier alpha value is -0.640. The van der Waals surface area contributed by atoms with Gasteiger partial charge in [-0.05, 0) is 15.9 Å². The number of rotatable bonds is 3. The van der Waals surface area contributed by atoms with Gasteiger partial charge in [0.25, 0.3) is 0 Å². The zero-order valence-corrected chi connectivity index (χ0v) is 7.84. The lowest BCUT2D eigenvalue weighted by atomic mass is 10.3. The fourth-order valence-corrected chi connectivity index (χ4v) is 1.05. The molecule has 1 rings (SSSR count). The quantitative estimate of drug-likeness (QED) is 0.771. The van der Waals surface area contributed by atoms with Crippen LogP contribution in [0, 0.1) is 0 Å². The maximum atomic E-state index is 10.9. The topological polar surface area (TPSA) is 34.9 Å². The molecule has 3 nitrogen and oxygen atoms in total. The minimum Gasteiger partial charge on any atom is -0.298 e. The van der Waals surface area contributed by atoms with Crippen LogP contribution in [0.25, 0.3) is 0 Å². The summed E-state index contributed by atoms with van der Waals surface area (Å²) in [6.07, 6.45) is 4.02. The van der Waals surface area contributed by atoms with Crippen LogP contribution < -0.4 is 0 Å². The van der Waals surface area contributed by atoms with Crippen LogP contribution in [0.3, 0.4) is 0 Å². The normalized spacial score (nSPS) is 10.0. The average Bonchev–Trinajstić information content (AvgIpc) is 2.35. The summed E-state index contributed by atoms with van der Waals surface area (Å²) in [5.74, 6) is 0.195. The highest BCUT2D eigenvalue weighted by molar-refractivity contribution is 9.10. The summed E-state index contributed by atoms with van der Waals surface area (Å²) in [6, 6.07) is 0. The summed E-state index contributed by atoms with van der Waals surface area (Å²) >= 11 is 3.25. The molecule has 11 heavy (non-hydrogen) atoms. The Morgan fingerprint density at radius 3 is 3.00 bits per heavy atom. The molecule has 1 aromatic heterocycles. The van der Waals surface area contributed by atoms with Gasteiger partial charge in [-0.1, -0.05) is 6.92 Å². The van der Waals surface area contributed by atoms with E-state index in [9.17, 15) is 4.79 Å². The lowest BCUT2D eigenvalue weighted by molar-refractivity contribution is -0.119. The van der Waals surface area contributed by atoms with E-state index in [1.165, 1.54) is 0 Å². The lowest BCUT2D eigenvalue weighted by Crippen LogP contribution is -2.08. The summed E-state index contributed by atoms with van der Waals surface area (Å²) in [6.45, 7) is 2.23. The Bertz CT molecular complexity index is 257. The molecule has 60 valence electrons. The average molecular weight is 217 g/mol. The van der Waals surface area contributed by atoms with E-state index in [0.717, 1.165) is 4.47 Å². The SMILES string of the molecule is CCC(=O)Cn1cc(Br)cn1. The molecule has 0 atom stereocenters. The zero-order valence-electron chi connectivity index (χ0n) is 6.25. The van der Waals surface area contributed by atoms with Crippen LogP contribution in [0.1, 0.15) is 13.3 Å². The van der Waals surface area contributed by atoms with Crippen LogP contribution in [0.15, 0.2) is 16.9 Å². The van der Waals surface area contributed by atoms with E-state index in [4.69, 9.17) is 0 Å². The van der Waals surface area contributed by atoms with Crippen LogP contribution in [-0.4, -0.2) is 15.6 Å². The maximum absolute atomic E-state index is 10.9. The molecule has 0 radical (unpaired) electrons. The van der Waals surface area contributed by atoms with E-state index in [2.05, 4.69) is 21.0 Å². The maximum Gasteiger partial charge on any atom is 0.154 e. The van der Waals surface area contributed by atoms with E-state index < -0.39 is 0 Å². The van der Waals surface area contributed by atoms with Crippen molar-refractivity contribution >= 4 is 21.7 Å². The van der Waals surface area contributed by atoms with Crippen molar-refractivity contribution in [2.45, 2.75) is 19.9 Å². The van der Waals surface area contributed by atoms with Crippen molar-refractivity contribution in [3.8, 4) is 0 Å². The van der Waals surface area contributed by atoms with Gasteiger partial charge in [-0.15, -0.1) is 0 Å². The third-order valence-electron chi connectivity index (χ3n) is 1.33. The Morgan fingerprint density at radius 2 is 2.55 bits per heavy atom. The minimum absolute atomic E-state index is 0.195. The van der Waals surface area contributed by atoms with Gasteiger partial charge < -0.3 is 0 Å². The highest BCUT2D eigenvalue weighted by Crippen LogP contribution is 2.05. The summed E-state index contributed by atoms with van der Waals surface area (Å²) < 4.78 is 2.53. The molecule has 1 heterocycles. The monoisotopic (exact) mass is 216 g/mol. The zero-order chi connectivity index (χ0) is 8.27. The van der Waals surface area contributed by atoms with Gasteiger partial charge in [0.1, 0.15) is 0 Å². The van der Waals surface area contributed by atoms with Crippen LogP contribution in [0.5, 0.6) is 0 Å². The van der Waals surface area contributed by atoms with Gasteiger partial charge in [-0.25, -0.2) is 0 Å². The number of nitrogens with zero attached hydrogens (tertiary/aromatic N) is 2. The molecule has 0 saturated heterocycles. The number of carbonyl (C=O) groups excluding carboxylic acids is 1. The van der Waals surface area contributed by atoms with Gasteiger partial charge in [0.2, 0.25) is 0 Å². The molecule has 0 amide bonds. The second-order valence-corrected chi connectivity index (χ2v) is 3.16. The number of hydrogen-bond acceptors (Lipinski definition) is 2. The molecule has 0 spiro atoms. The molecule has 0 bridgehead atoms. The first kappa shape index (κ1) is 8.46. The molecule has 4 heteroatoms. The highest BCUT2D eigenvalue weighted by atomic mass is 79.9. The molecule has 0 aliphatic rings. The van der Waals surface area contributed by atoms with Crippen molar-refractivity contribution in [2.24, 2.45) is 0 Å². The van der Waals surface area contributed by atoms with Gasteiger partial charge in [0.05, 0.1) is 17.2 Å². The standard InChI is InChI=1S/C7H9BrN2O/c1-2-7(11)5-10-4-6(8)3-9-10/h3-4H,2,5H2,1H3. The van der Waals surface area contributed by atoms with Gasteiger partial charge in [0.15, 0.2) is 5.78 Å². The molecule has 0 aliphatic carbocycles.